The quantitative estimate of drug-likeness (QED) is 0.754. The fourth-order valence-electron chi connectivity index (χ4n) is 2.62. The van der Waals surface area contributed by atoms with Crippen molar-refractivity contribution in [3.8, 4) is 0 Å². The fraction of sp³-hybridized carbons (Fsp3) is 0.692. The molecule has 0 aliphatic carbocycles. The summed E-state index contributed by atoms with van der Waals surface area (Å²) in [5.74, 6) is 0.701. The molecule has 1 aromatic heterocycles. The summed E-state index contributed by atoms with van der Waals surface area (Å²) in [5.41, 5.74) is 0.801. The van der Waals surface area contributed by atoms with E-state index >= 15 is 0 Å². The highest BCUT2D eigenvalue weighted by atomic mass is 16.5. The zero-order chi connectivity index (χ0) is 13.6. The van der Waals surface area contributed by atoms with Crippen molar-refractivity contribution in [2.24, 2.45) is 0 Å². The van der Waals surface area contributed by atoms with Crippen molar-refractivity contribution in [2.45, 2.75) is 45.1 Å². The maximum atomic E-state index is 5.86. The molecule has 1 unspecified atom stereocenters. The summed E-state index contributed by atoms with van der Waals surface area (Å²) in [6, 6.07) is 0.201. The third-order valence-electron chi connectivity index (χ3n) is 3.42. The molecule has 19 heavy (non-hydrogen) atoms. The third-order valence-corrected chi connectivity index (χ3v) is 3.42. The number of fused-ring (bicyclic) bond motifs is 3. The van der Waals surface area contributed by atoms with Gasteiger partial charge in [0, 0.05) is 13.1 Å². The van der Waals surface area contributed by atoms with E-state index in [1.165, 1.54) is 0 Å². The molecule has 0 radical (unpaired) electrons. The number of hydrogen-bond acceptors (Lipinski definition) is 5. The molecule has 1 saturated heterocycles. The van der Waals surface area contributed by atoms with Crippen LogP contribution in [0, 0.1) is 0 Å². The molecule has 104 valence electrons. The van der Waals surface area contributed by atoms with E-state index in [-0.39, 0.29) is 17.7 Å². The van der Waals surface area contributed by atoms with Crippen LogP contribution in [-0.4, -0.2) is 44.7 Å². The van der Waals surface area contributed by atoms with E-state index < -0.39 is 0 Å². The van der Waals surface area contributed by atoms with Gasteiger partial charge in [-0.1, -0.05) is 5.21 Å². The highest BCUT2D eigenvalue weighted by Crippen LogP contribution is 2.32. The second-order valence-corrected chi connectivity index (χ2v) is 6.10. The Bertz CT molecular complexity index is 491. The van der Waals surface area contributed by atoms with Gasteiger partial charge in [-0.3, -0.25) is 0 Å². The number of likely N-dealkylation sites (tertiary alicyclic amines) is 1. The normalized spacial score (nSPS) is 25.9. The summed E-state index contributed by atoms with van der Waals surface area (Å²) in [5, 5.41) is 8.11. The highest BCUT2D eigenvalue weighted by molar-refractivity contribution is 5.05. The lowest BCUT2D eigenvalue weighted by Crippen LogP contribution is -2.32. The van der Waals surface area contributed by atoms with Crippen molar-refractivity contribution in [2.75, 3.05) is 13.1 Å². The smallest absolute Gasteiger partial charge is 0.182 e. The van der Waals surface area contributed by atoms with Crippen LogP contribution in [0.3, 0.4) is 0 Å². The predicted molar refractivity (Wildman–Crippen MR) is 69.2 cm³/mol. The van der Waals surface area contributed by atoms with Gasteiger partial charge >= 0.3 is 0 Å². The molecule has 0 aromatic carbocycles. The Kier molecular flexibility index (Phi) is 2.78. The van der Waals surface area contributed by atoms with Gasteiger partial charge in [-0.05, 0) is 27.4 Å². The largest absolute Gasteiger partial charge is 0.474 e. The van der Waals surface area contributed by atoms with E-state index in [0.29, 0.717) is 12.5 Å². The lowest BCUT2D eigenvalue weighted by atomic mass is 10.2. The van der Waals surface area contributed by atoms with Gasteiger partial charge < -0.3 is 14.4 Å². The molecule has 3 heterocycles. The van der Waals surface area contributed by atoms with Crippen molar-refractivity contribution in [1.82, 2.24) is 19.9 Å². The standard InChI is InChI=1S/C13H20N4O2/c1-9(19-13(2,3)4)16-6-11-12(7-16)18-8-10-5-14-15-17(10)11/h5,11-12H,1,6-8H2,2-4H3/t11?,12-/m0/s1. The summed E-state index contributed by atoms with van der Waals surface area (Å²) in [7, 11) is 0. The second kappa shape index (κ2) is 4.23. The molecule has 6 nitrogen and oxygen atoms in total. The molecule has 0 saturated carbocycles. The molecular formula is C13H20N4O2. The maximum Gasteiger partial charge on any atom is 0.182 e. The van der Waals surface area contributed by atoms with Gasteiger partial charge in [-0.15, -0.1) is 5.10 Å². The molecule has 2 atom stereocenters. The first-order chi connectivity index (χ1) is 8.94. The number of aromatic nitrogens is 3. The number of ether oxygens (including phenoxy) is 2. The second-order valence-electron chi connectivity index (χ2n) is 6.10. The highest BCUT2D eigenvalue weighted by Gasteiger charge is 2.40. The van der Waals surface area contributed by atoms with E-state index in [2.05, 4.69) is 21.8 Å². The van der Waals surface area contributed by atoms with Crippen molar-refractivity contribution >= 4 is 0 Å². The summed E-state index contributed by atoms with van der Waals surface area (Å²) in [6.07, 6.45) is 1.90. The summed E-state index contributed by atoms with van der Waals surface area (Å²) >= 11 is 0. The maximum absolute atomic E-state index is 5.86. The van der Waals surface area contributed by atoms with Gasteiger partial charge in [-0.25, -0.2) is 4.68 Å². The fourth-order valence-corrected chi connectivity index (χ4v) is 2.62. The molecule has 6 heteroatoms. The third kappa shape index (κ3) is 2.32. The summed E-state index contributed by atoms with van der Waals surface area (Å²) in [6.45, 7) is 12.3. The minimum absolute atomic E-state index is 0.134. The van der Waals surface area contributed by atoms with Gasteiger partial charge in [0.1, 0.15) is 5.60 Å². The van der Waals surface area contributed by atoms with Gasteiger partial charge in [0.2, 0.25) is 0 Å². The molecule has 0 spiro atoms. The van der Waals surface area contributed by atoms with Gasteiger partial charge in [-0.2, -0.15) is 0 Å². The first kappa shape index (κ1) is 12.5. The number of rotatable bonds is 2. The van der Waals surface area contributed by atoms with Crippen LogP contribution in [0.1, 0.15) is 32.5 Å². The van der Waals surface area contributed by atoms with Crippen LogP contribution in [0.4, 0.5) is 0 Å². The average molecular weight is 264 g/mol. The van der Waals surface area contributed by atoms with Crippen LogP contribution < -0.4 is 0 Å². The van der Waals surface area contributed by atoms with Crippen LogP contribution >= 0.6 is 0 Å². The molecule has 2 aliphatic rings. The van der Waals surface area contributed by atoms with Crippen molar-refractivity contribution in [3.63, 3.8) is 0 Å². The molecule has 1 fully saturated rings. The first-order valence-electron chi connectivity index (χ1n) is 6.57. The van der Waals surface area contributed by atoms with Crippen LogP contribution in [0.15, 0.2) is 18.7 Å². The Morgan fingerprint density at radius 1 is 1.47 bits per heavy atom. The average Bonchev–Trinajstić information content (AvgIpc) is 2.92. The van der Waals surface area contributed by atoms with E-state index in [1.54, 1.807) is 6.20 Å². The van der Waals surface area contributed by atoms with Gasteiger partial charge in [0.05, 0.1) is 30.6 Å². The zero-order valence-corrected chi connectivity index (χ0v) is 11.7. The summed E-state index contributed by atoms with van der Waals surface area (Å²) < 4.78 is 13.7. The Hall–Kier alpha value is -1.56. The molecule has 0 bridgehead atoms. The van der Waals surface area contributed by atoms with E-state index in [9.17, 15) is 0 Å². The van der Waals surface area contributed by atoms with Crippen LogP contribution in [0.25, 0.3) is 0 Å². The molecule has 0 amide bonds. The molecular weight excluding hydrogens is 244 g/mol. The molecule has 0 N–H and O–H groups in total. The van der Waals surface area contributed by atoms with Gasteiger partial charge in [0.15, 0.2) is 5.88 Å². The van der Waals surface area contributed by atoms with E-state index in [0.717, 1.165) is 18.8 Å². The Morgan fingerprint density at radius 2 is 2.26 bits per heavy atom. The number of hydrogen-bond donors (Lipinski definition) is 0. The Balaban J connectivity index is 1.72. The topological polar surface area (TPSA) is 52.4 Å². The molecule has 1 aromatic rings. The first-order valence-corrected chi connectivity index (χ1v) is 6.57. The monoisotopic (exact) mass is 264 g/mol. The van der Waals surface area contributed by atoms with Crippen molar-refractivity contribution in [3.05, 3.63) is 24.4 Å². The lowest BCUT2D eigenvalue weighted by molar-refractivity contribution is -0.0129. The summed E-state index contributed by atoms with van der Waals surface area (Å²) in [4.78, 5) is 2.12. The molecule has 3 rings (SSSR count). The molecule has 2 aliphatic heterocycles. The minimum Gasteiger partial charge on any atom is -0.474 e. The predicted octanol–water partition coefficient (Wildman–Crippen LogP) is 1.32. The Labute approximate surface area is 113 Å². The zero-order valence-electron chi connectivity index (χ0n) is 11.7. The van der Waals surface area contributed by atoms with Crippen LogP contribution in [-0.2, 0) is 16.1 Å². The lowest BCUT2D eigenvalue weighted by Gasteiger charge is -2.28. The van der Waals surface area contributed by atoms with E-state index in [1.807, 2.05) is 25.5 Å². The van der Waals surface area contributed by atoms with Crippen LogP contribution in [0.2, 0.25) is 0 Å². The van der Waals surface area contributed by atoms with Gasteiger partial charge in [0.25, 0.3) is 0 Å². The van der Waals surface area contributed by atoms with Crippen molar-refractivity contribution in [1.29, 1.82) is 0 Å². The number of nitrogens with zero attached hydrogens (tertiary/aromatic N) is 4. The van der Waals surface area contributed by atoms with Crippen molar-refractivity contribution < 1.29 is 9.47 Å². The van der Waals surface area contributed by atoms with E-state index in [4.69, 9.17) is 9.47 Å². The Morgan fingerprint density at radius 3 is 3.00 bits per heavy atom. The van der Waals surface area contributed by atoms with Crippen LogP contribution in [0.5, 0.6) is 0 Å². The SMILES string of the molecule is C=C(OC(C)(C)C)N1CC2[C@H](C1)OCc1cnnn12. The minimum atomic E-state index is -0.232.